The molecule has 3 nitrogen and oxygen atoms in total. The van der Waals surface area contributed by atoms with E-state index >= 15 is 0 Å². The van der Waals surface area contributed by atoms with Gasteiger partial charge >= 0.3 is 0 Å². The largest absolute Gasteiger partial charge is 0.319 e. The highest BCUT2D eigenvalue weighted by molar-refractivity contribution is 5.05. The fraction of sp³-hybridized carbons (Fsp3) is 0.833. The topological polar surface area (TPSA) is 29.9 Å². The number of nitrogens with zero attached hydrogens (tertiary/aromatic N) is 2. The Bertz CT molecular complexity index is 402. The van der Waals surface area contributed by atoms with Crippen molar-refractivity contribution in [3.63, 3.8) is 0 Å². The summed E-state index contributed by atoms with van der Waals surface area (Å²) in [6.07, 6.45) is 16.6. The van der Waals surface area contributed by atoms with Gasteiger partial charge in [0.05, 0.1) is 6.20 Å². The summed E-state index contributed by atoms with van der Waals surface area (Å²) in [6.45, 7) is 3.48. The van der Waals surface area contributed by atoms with Gasteiger partial charge in [-0.15, -0.1) is 0 Å². The average molecular weight is 291 g/mol. The number of aryl methyl sites for hydroxylation is 2. The summed E-state index contributed by atoms with van der Waals surface area (Å²) in [4.78, 5) is 0. The van der Waals surface area contributed by atoms with Crippen molar-refractivity contribution >= 4 is 0 Å². The first-order valence-corrected chi connectivity index (χ1v) is 8.79. The average Bonchev–Trinajstić information content (AvgIpc) is 2.91. The summed E-state index contributed by atoms with van der Waals surface area (Å²) in [5.41, 5.74) is 1.91. The molecule has 0 radical (unpaired) electrons. The predicted molar refractivity (Wildman–Crippen MR) is 89.4 cm³/mol. The number of hydrogen-bond acceptors (Lipinski definition) is 2. The smallest absolute Gasteiger partial charge is 0.0521 e. The van der Waals surface area contributed by atoms with E-state index in [2.05, 4.69) is 30.6 Å². The second-order valence-electron chi connectivity index (χ2n) is 7.14. The molecule has 1 heterocycles. The molecule has 120 valence electrons. The standard InChI is InChI=1S/C18H33N3/c1-4-5-6-16-7-10-18(11-8-16,15-19-2)12-9-17-13-20-21(3)14-17/h13-14,16,19H,4-12,15H2,1-3H3. The maximum atomic E-state index is 4.30. The molecule has 1 saturated carbocycles. The summed E-state index contributed by atoms with van der Waals surface area (Å²) < 4.78 is 1.92. The Hall–Kier alpha value is -0.830. The first-order chi connectivity index (χ1) is 10.2. The molecule has 21 heavy (non-hydrogen) atoms. The van der Waals surface area contributed by atoms with Crippen LogP contribution in [0.2, 0.25) is 0 Å². The zero-order valence-electron chi connectivity index (χ0n) is 14.2. The number of hydrogen-bond donors (Lipinski definition) is 1. The van der Waals surface area contributed by atoms with Crippen LogP contribution in [-0.4, -0.2) is 23.4 Å². The van der Waals surface area contributed by atoms with Crippen LogP contribution in [-0.2, 0) is 13.5 Å². The third kappa shape index (κ3) is 4.84. The summed E-state index contributed by atoms with van der Waals surface area (Å²) in [6, 6.07) is 0. The molecule has 1 aliphatic carbocycles. The third-order valence-electron chi connectivity index (χ3n) is 5.39. The lowest BCUT2D eigenvalue weighted by Gasteiger charge is -2.40. The van der Waals surface area contributed by atoms with Crippen molar-refractivity contribution < 1.29 is 0 Å². The van der Waals surface area contributed by atoms with Crippen LogP contribution in [0.5, 0.6) is 0 Å². The summed E-state index contributed by atoms with van der Waals surface area (Å²) in [7, 11) is 4.11. The van der Waals surface area contributed by atoms with Gasteiger partial charge in [0.2, 0.25) is 0 Å². The molecule has 0 unspecified atom stereocenters. The van der Waals surface area contributed by atoms with Gasteiger partial charge in [0.15, 0.2) is 0 Å². The molecule has 0 aromatic carbocycles. The number of unbranched alkanes of at least 4 members (excludes halogenated alkanes) is 1. The van der Waals surface area contributed by atoms with E-state index in [1.54, 1.807) is 0 Å². The molecule has 0 bridgehead atoms. The molecule has 1 N–H and O–H groups in total. The highest BCUT2D eigenvalue weighted by Crippen LogP contribution is 2.43. The molecule has 0 aliphatic heterocycles. The van der Waals surface area contributed by atoms with Crippen molar-refractivity contribution in [2.75, 3.05) is 13.6 Å². The molecule has 0 atom stereocenters. The Labute approximate surface area is 130 Å². The molecule has 2 rings (SSSR count). The lowest BCUT2D eigenvalue weighted by atomic mass is 9.67. The van der Waals surface area contributed by atoms with E-state index in [0.717, 1.165) is 5.92 Å². The SMILES string of the molecule is CCCCC1CCC(CCc2cnn(C)c2)(CNC)CC1. The van der Waals surface area contributed by atoms with Crippen LogP contribution in [0.25, 0.3) is 0 Å². The summed E-state index contributed by atoms with van der Waals surface area (Å²) in [5, 5.41) is 7.75. The first-order valence-electron chi connectivity index (χ1n) is 8.79. The Morgan fingerprint density at radius 1 is 1.38 bits per heavy atom. The van der Waals surface area contributed by atoms with Crippen LogP contribution < -0.4 is 5.32 Å². The molecule has 1 aliphatic rings. The highest BCUT2D eigenvalue weighted by Gasteiger charge is 2.34. The van der Waals surface area contributed by atoms with Gasteiger partial charge in [0.25, 0.3) is 0 Å². The molecule has 0 amide bonds. The van der Waals surface area contributed by atoms with Gasteiger partial charge in [-0.1, -0.05) is 26.2 Å². The maximum absolute atomic E-state index is 4.30. The summed E-state index contributed by atoms with van der Waals surface area (Å²) in [5.74, 6) is 0.994. The van der Waals surface area contributed by atoms with Crippen LogP contribution in [0.1, 0.15) is 63.9 Å². The first kappa shape index (κ1) is 16.5. The Morgan fingerprint density at radius 2 is 2.14 bits per heavy atom. The Kier molecular flexibility index (Phi) is 6.28. The van der Waals surface area contributed by atoms with Gasteiger partial charge in [0.1, 0.15) is 0 Å². The van der Waals surface area contributed by atoms with E-state index in [-0.39, 0.29) is 0 Å². The molecular formula is C18H33N3. The number of nitrogens with one attached hydrogen (secondary N) is 1. The molecule has 0 saturated heterocycles. The second kappa shape index (κ2) is 7.98. The van der Waals surface area contributed by atoms with Crippen molar-refractivity contribution in [3.8, 4) is 0 Å². The van der Waals surface area contributed by atoms with E-state index in [9.17, 15) is 0 Å². The van der Waals surface area contributed by atoms with Crippen LogP contribution in [0.15, 0.2) is 12.4 Å². The lowest BCUT2D eigenvalue weighted by molar-refractivity contribution is 0.130. The normalized spacial score (nSPS) is 26.1. The van der Waals surface area contributed by atoms with Crippen molar-refractivity contribution in [3.05, 3.63) is 18.0 Å². The minimum atomic E-state index is 0.521. The zero-order valence-corrected chi connectivity index (χ0v) is 14.2. The predicted octanol–water partition coefficient (Wildman–Crippen LogP) is 3.94. The second-order valence-corrected chi connectivity index (χ2v) is 7.14. The van der Waals surface area contributed by atoms with Crippen molar-refractivity contribution in [2.45, 2.75) is 64.7 Å². The van der Waals surface area contributed by atoms with E-state index in [0.29, 0.717) is 5.41 Å². The zero-order chi connectivity index (χ0) is 15.1. The lowest BCUT2D eigenvalue weighted by Crippen LogP contribution is -2.37. The molecule has 1 aromatic rings. The minimum Gasteiger partial charge on any atom is -0.319 e. The fourth-order valence-corrected chi connectivity index (χ4v) is 3.97. The van der Waals surface area contributed by atoms with E-state index < -0.39 is 0 Å². The summed E-state index contributed by atoms with van der Waals surface area (Å²) >= 11 is 0. The van der Waals surface area contributed by atoms with Gasteiger partial charge in [-0.25, -0.2) is 0 Å². The van der Waals surface area contributed by atoms with Crippen LogP contribution in [0.4, 0.5) is 0 Å². The van der Waals surface area contributed by atoms with Gasteiger partial charge in [-0.2, -0.15) is 5.10 Å². The Balaban J connectivity index is 1.86. The van der Waals surface area contributed by atoms with Crippen molar-refractivity contribution in [1.82, 2.24) is 15.1 Å². The quantitative estimate of drug-likeness (QED) is 0.786. The van der Waals surface area contributed by atoms with Crippen LogP contribution in [0.3, 0.4) is 0 Å². The van der Waals surface area contributed by atoms with E-state index in [1.165, 1.54) is 69.9 Å². The monoisotopic (exact) mass is 291 g/mol. The van der Waals surface area contributed by atoms with Gasteiger partial charge in [-0.05, 0) is 62.5 Å². The fourth-order valence-electron chi connectivity index (χ4n) is 3.97. The number of aromatic nitrogens is 2. The third-order valence-corrected chi connectivity index (χ3v) is 5.39. The van der Waals surface area contributed by atoms with Gasteiger partial charge in [0, 0.05) is 19.8 Å². The van der Waals surface area contributed by atoms with Crippen molar-refractivity contribution in [2.24, 2.45) is 18.4 Å². The highest BCUT2D eigenvalue weighted by atomic mass is 15.2. The van der Waals surface area contributed by atoms with Crippen LogP contribution >= 0.6 is 0 Å². The molecule has 1 aromatic heterocycles. The molecule has 0 spiro atoms. The van der Waals surface area contributed by atoms with Gasteiger partial charge < -0.3 is 5.32 Å². The van der Waals surface area contributed by atoms with E-state index in [4.69, 9.17) is 0 Å². The molecular weight excluding hydrogens is 258 g/mol. The number of rotatable bonds is 8. The van der Waals surface area contributed by atoms with Crippen LogP contribution in [0, 0.1) is 11.3 Å². The van der Waals surface area contributed by atoms with E-state index in [1.807, 2.05) is 17.9 Å². The maximum Gasteiger partial charge on any atom is 0.0521 e. The minimum absolute atomic E-state index is 0.521. The molecule has 3 heteroatoms. The van der Waals surface area contributed by atoms with Gasteiger partial charge in [-0.3, -0.25) is 4.68 Å². The molecule has 1 fully saturated rings. The Morgan fingerprint density at radius 3 is 2.71 bits per heavy atom. The van der Waals surface area contributed by atoms with Crippen molar-refractivity contribution in [1.29, 1.82) is 0 Å².